The molecule has 0 aromatic heterocycles. The first-order valence-corrected chi connectivity index (χ1v) is 10.2. The highest BCUT2D eigenvalue weighted by Gasteiger charge is 2.47. The van der Waals surface area contributed by atoms with Gasteiger partial charge in [0.05, 0.1) is 21.7 Å². The summed E-state index contributed by atoms with van der Waals surface area (Å²) in [4.78, 5) is 27.3. The number of aliphatic hydroxyl groups is 1. The largest absolute Gasteiger partial charge is 0.508 e. The quantitative estimate of drug-likeness (QED) is 0.278. The molecule has 3 aromatic carbocycles. The maximum absolute atomic E-state index is 13.0. The minimum Gasteiger partial charge on any atom is -0.508 e. The standard InChI is InChI=1S/C23H14Cl3NO4/c24-14-4-2-5-15(11-14)27-20(12-3-1-6-16(28)9-12)19(22(30)23(27)31)21(29)13-7-8-17(25)18(26)10-13/h1-11,20,28-29H/b21-19+. The monoisotopic (exact) mass is 473 g/mol. The molecule has 0 saturated carbocycles. The fraction of sp³-hybridized carbons (Fsp3) is 0.0435. The highest BCUT2D eigenvalue weighted by atomic mass is 35.5. The van der Waals surface area contributed by atoms with E-state index >= 15 is 0 Å². The Labute approximate surface area is 192 Å². The molecule has 1 aliphatic heterocycles. The number of Topliss-reactive ketones (excluding diaryl/α,β-unsaturated/α-hetero) is 1. The lowest BCUT2D eigenvalue weighted by Gasteiger charge is -2.25. The molecule has 31 heavy (non-hydrogen) atoms. The predicted molar refractivity (Wildman–Crippen MR) is 121 cm³/mol. The van der Waals surface area contributed by atoms with E-state index < -0.39 is 23.5 Å². The van der Waals surface area contributed by atoms with E-state index in [4.69, 9.17) is 34.8 Å². The van der Waals surface area contributed by atoms with Crippen molar-refractivity contribution >= 4 is 57.9 Å². The molecule has 2 N–H and O–H groups in total. The van der Waals surface area contributed by atoms with Gasteiger partial charge in [-0.1, -0.05) is 53.0 Å². The molecule has 1 atom stereocenters. The Balaban J connectivity index is 1.97. The van der Waals surface area contributed by atoms with Crippen LogP contribution in [-0.2, 0) is 9.59 Å². The van der Waals surface area contributed by atoms with Crippen LogP contribution in [-0.4, -0.2) is 21.9 Å². The van der Waals surface area contributed by atoms with Gasteiger partial charge in [-0.3, -0.25) is 14.5 Å². The minimum atomic E-state index is -1.000. The van der Waals surface area contributed by atoms with E-state index in [1.165, 1.54) is 35.2 Å². The van der Waals surface area contributed by atoms with Gasteiger partial charge in [0.25, 0.3) is 11.7 Å². The lowest BCUT2D eigenvalue weighted by Crippen LogP contribution is -2.29. The Morgan fingerprint density at radius 3 is 2.29 bits per heavy atom. The maximum Gasteiger partial charge on any atom is 0.300 e. The number of amides is 1. The second kappa shape index (κ2) is 8.27. The second-order valence-electron chi connectivity index (χ2n) is 6.87. The summed E-state index contributed by atoms with van der Waals surface area (Å²) in [5, 5.41) is 21.9. The number of carbonyl (C=O) groups excluding carboxylic acids is 2. The van der Waals surface area contributed by atoms with E-state index in [0.717, 1.165) is 0 Å². The first kappa shape index (κ1) is 21.2. The highest BCUT2D eigenvalue weighted by Crippen LogP contribution is 2.43. The van der Waals surface area contributed by atoms with E-state index in [9.17, 15) is 19.8 Å². The smallest absolute Gasteiger partial charge is 0.300 e. The molecule has 1 unspecified atom stereocenters. The van der Waals surface area contributed by atoms with Gasteiger partial charge >= 0.3 is 0 Å². The SMILES string of the molecule is O=C1C(=O)N(c2cccc(Cl)c2)C(c2cccc(O)c2)/C1=C(\O)c1ccc(Cl)c(Cl)c1. The number of phenols is 1. The molecule has 1 fully saturated rings. The molecule has 4 rings (SSSR count). The van der Waals surface area contributed by atoms with Gasteiger partial charge in [0, 0.05) is 16.3 Å². The molecular formula is C23H14Cl3NO4. The van der Waals surface area contributed by atoms with Crippen LogP contribution >= 0.6 is 34.8 Å². The summed E-state index contributed by atoms with van der Waals surface area (Å²) in [5.41, 5.74) is 0.884. The van der Waals surface area contributed by atoms with Crippen molar-refractivity contribution in [1.82, 2.24) is 0 Å². The number of hydrogen-bond donors (Lipinski definition) is 2. The Morgan fingerprint density at radius 1 is 0.871 bits per heavy atom. The summed E-state index contributed by atoms with van der Waals surface area (Å²) in [6.07, 6.45) is 0. The number of phenolic OH excluding ortho intramolecular Hbond substituents is 1. The number of anilines is 1. The van der Waals surface area contributed by atoms with Crippen molar-refractivity contribution in [2.24, 2.45) is 0 Å². The Bertz CT molecular complexity index is 1260. The minimum absolute atomic E-state index is 0.0521. The third-order valence-corrected chi connectivity index (χ3v) is 5.88. The first-order valence-electron chi connectivity index (χ1n) is 9.09. The zero-order chi connectivity index (χ0) is 22.3. The Morgan fingerprint density at radius 2 is 1.61 bits per heavy atom. The van der Waals surface area contributed by atoms with Gasteiger partial charge in [-0.2, -0.15) is 0 Å². The Hall–Kier alpha value is -2.99. The molecular weight excluding hydrogens is 461 g/mol. The molecule has 3 aromatic rings. The molecule has 0 radical (unpaired) electrons. The van der Waals surface area contributed by atoms with Crippen molar-refractivity contribution in [3.05, 3.63) is 98.5 Å². The van der Waals surface area contributed by atoms with Crippen LogP contribution in [0.5, 0.6) is 5.75 Å². The van der Waals surface area contributed by atoms with Gasteiger partial charge < -0.3 is 10.2 Å². The summed E-state index contributed by atoms with van der Waals surface area (Å²) in [7, 11) is 0. The average Bonchev–Trinajstić information content (AvgIpc) is 3.00. The number of halogens is 3. The molecule has 8 heteroatoms. The zero-order valence-electron chi connectivity index (χ0n) is 15.7. The molecule has 5 nitrogen and oxygen atoms in total. The van der Waals surface area contributed by atoms with Crippen molar-refractivity contribution < 1.29 is 19.8 Å². The molecule has 156 valence electrons. The van der Waals surface area contributed by atoms with Gasteiger partial charge in [0.1, 0.15) is 11.5 Å². The van der Waals surface area contributed by atoms with E-state index in [1.807, 2.05) is 0 Å². The summed E-state index contributed by atoms with van der Waals surface area (Å²) >= 11 is 18.1. The molecule has 1 heterocycles. The van der Waals surface area contributed by atoms with Crippen LogP contribution in [0.4, 0.5) is 5.69 Å². The van der Waals surface area contributed by atoms with Crippen molar-refractivity contribution in [1.29, 1.82) is 0 Å². The van der Waals surface area contributed by atoms with Crippen LogP contribution in [0.15, 0.2) is 72.3 Å². The van der Waals surface area contributed by atoms with Crippen molar-refractivity contribution in [2.45, 2.75) is 6.04 Å². The highest BCUT2D eigenvalue weighted by molar-refractivity contribution is 6.52. The lowest BCUT2D eigenvalue weighted by atomic mass is 9.95. The summed E-state index contributed by atoms with van der Waals surface area (Å²) in [5.74, 6) is -2.17. The molecule has 1 aliphatic rings. The number of nitrogens with zero attached hydrogens (tertiary/aromatic N) is 1. The van der Waals surface area contributed by atoms with Gasteiger partial charge in [-0.05, 0) is 54.1 Å². The zero-order valence-corrected chi connectivity index (χ0v) is 18.0. The number of rotatable bonds is 3. The third-order valence-electron chi connectivity index (χ3n) is 4.91. The van der Waals surface area contributed by atoms with Crippen LogP contribution in [0.25, 0.3) is 5.76 Å². The number of carbonyl (C=O) groups is 2. The molecule has 0 bridgehead atoms. The fourth-order valence-corrected chi connectivity index (χ4v) is 4.02. The average molecular weight is 475 g/mol. The van der Waals surface area contributed by atoms with Gasteiger partial charge in [-0.25, -0.2) is 0 Å². The molecule has 1 saturated heterocycles. The number of aromatic hydroxyl groups is 1. The van der Waals surface area contributed by atoms with Gasteiger partial charge in [0.15, 0.2) is 0 Å². The van der Waals surface area contributed by atoms with Crippen LogP contribution in [0.2, 0.25) is 15.1 Å². The van der Waals surface area contributed by atoms with Crippen LogP contribution in [0, 0.1) is 0 Å². The number of aliphatic hydroxyl groups excluding tert-OH is 1. The number of benzene rings is 3. The van der Waals surface area contributed by atoms with Crippen LogP contribution < -0.4 is 4.90 Å². The van der Waals surface area contributed by atoms with Crippen molar-refractivity contribution in [3.8, 4) is 5.75 Å². The van der Waals surface area contributed by atoms with Gasteiger partial charge in [-0.15, -0.1) is 0 Å². The summed E-state index contributed by atoms with van der Waals surface area (Å²) in [6.45, 7) is 0. The molecule has 0 aliphatic carbocycles. The van der Waals surface area contributed by atoms with E-state index in [-0.39, 0.29) is 26.9 Å². The van der Waals surface area contributed by atoms with E-state index in [1.54, 1.807) is 36.4 Å². The first-order chi connectivity index (χ1) is 14.8. The number of hydrogen-bond acceptors (Lipinski definition) is 4. The van der Waals surface area contributed by atoms with Crippen LogP contribution in [0.3, 0.4) is 0 Å². The van der Waals surface area contributed by atoms with Gasteiger partial charge in [0.2, 0.25) is 0 Å². The normalized spacial score (nSPS) is 17.9. The van der Waals surface area contributed by atoms with Crippen LogP contribution in [0.1, 0.15) is 17.2 Å². The molecule has 0 spiro atoms. The number of ketones is 1. The third kappa shape index (κ3) is 3.88. The van der Waals surface area contributed by atoms with E-state index in [2.05, 4.69) is 0 Å². The summed E-state index contributed by atoms with van der Waals surface area (Å²) in [6, 6.07) is 16.0. The Kier molecular flexibility index (Phi) is 5.67. The predicted octanol–water partition coefficient (Wildman–Crippen LogP) is 5.98. The maximum atomic E-state index is 13.0. The lowest BCUT2D eigenvalue weighted by molar-refractivity contribution is -0.132. The van der Waals surface area contributed by atoms with E-state index in [0.29, 0.717) is 16.3 Å². The topological polar surface area (TPSA) is 77.8 Å². The second-order valence-corrected chi connectivity index (χ2v) is 8.12. The van der Waals surface area contributed by atoms with Crippen molar-refractivity contribution in [3.63, 3.8) is 0 Å². The molecule has 1 amide bonds. The summed E-state index contributed by atoms with van der Waals surface area (Å²) < 4.78 is 0. The fourth-order valence-electron chi connectivity index (χ4n) is 3.53. The van der Waals surface area contributed by atoms with Crippen molar-refractivity contribution in [2.75, 3.05) is 4.90 Å².